The number of hydrogen-bond acceptors (Lipinski definition) is 3. The van der Waals surface area contributed by atoms with Crippen LogP contribution in [-0.2, 0) is 16.1 Å². The lowest BCUT2D eigenvalue weighted by Crippen LogP contribution is -2.43. The first kappa shape index (κ1) is 15.3. The lowest BCUT2D eigenvalue weighted by Gasteiger charge is -2.26. The Morgan fingerprint density at radius 3 is 2.76 bits per heavy atom. The van der Waals surface area contributed by atoms with E-state index < -0.39 is 6.09 Å². The van der Waals surface area contributed by atoms with E-state index in [9.17, 15) is 9.59 Å². The lowest BCUT2D eigenvalue weighted by atomic mass is 9.85. The molecule has 0 heterocycles. The smallest absolute Gasteiger partial charge is 0.407 e. The maximum absolute atomic E-state index is 11.9. The van der Waals surface area contributed by atoms with Crippen LogP contribution in [0.4, 0.5) is 4.79 Å². The van der Waals surface area contributed by atoms with Gasteiger partial charge in [0, 0.05) is 12.3 Å². The molecule has 0 bridgehead atoms. The number of hydrogen-bond donors (Lipinski definition) is 1. The van der Waals surface area contributed by atoms with Crippen LogP contribution < -0.4 is 5.32 Å². The number of amides is 1. The molecule has 0 radical (unpaired) electrons. The van der Waals surface area contributed by atoms with E-state index in [0.29, 0.717) is 6.42 Å². The molecule has 1 N–H and O–H groups in total. The number of nitrogens with one attached hydrogen (secondary N) is 1. The first-order valence-electron chi connectivity index (χ1n) is 7.37. The first-order valence-corrected chi connectivity index (χ1v) is 7.37. The molecule has 4 heteroatoms. The minimum absolute atomic E-state index is 0.135. The third-order valence-electron chi connectivity index (χ3n) is 3.68. The molecule has 21 heavy (non-hydrogen) atoms. The van der Waals surface area contributed by atoms with E-state index >= 15 is 0 Å². The van der Waals surface area contributed by atoms with Crippen molar-refractivity contribution in [2.75, 3.05) is 0 Å². The summed E-state index contributed by atoms with van der Waals surface area (Å²) in [6.45, 7) is 2.08. The van der Waals surface area contributed by atoms with Crippen LogP contribution in [0.5, 0.6) is 0 Å². The molecule has 1 aliphatic rings. The van der Waals surface area contributed by atoms with Gasteiger partial charge in [-0.25, -0.2) is 4.79 Å². The minimum atomic E-state index is -0.482. The molecule has 0 saturated carbocycles. The molecule has 0 fully saturated rings. The quantitative estimate of drug-likeness (QED) is 0.846. The van der Waals surface area contributed by atoms with Crippen LogP contribution in [0.1, 0.15) is 31.7 Å². The fourth-order valence-electron chi connectivity index (χ4n) is 2.51. The fourth-order valence-corrected chi connectivity index (χ4v) is 2.51. The molecule has 0 unspecified atom stereocenters. The molecule has 4 nitrogen and oxygen atoms in total. The average molecular weight is 287 g/mol. The Hall–Kier alpha value is -2.10. The van der Waals surface area contributed by atoms with E-state index in [1.54, 1.807) is 0 Å². The molecule has 1 amide bonds. The first-order chi connectivity index (χ1) is 10.2. The van der Waals surface area contributed by atoms with Crippen molar-refractivity contribution in [2.24, 2.45) is 5.92 Å². The molecule has 112 valence electrons. The predicted molar refractivity (Wildman–Crippen MR) is 80.7 cm³/mol. The summed E-state index contributed by atoms with van der Waals surface area (Å²) in [5, 5.41) is 2.79. The topological polar surface area (TPSA) is 55.4 Å². The fraction of sp³-hybridized carbons (Fsp3) is 0.412. The number of benzene rings is 1. The maximum Gasteiger partial charge on any atom is 0.407 e. The number of ketones is 1. The summed E-state index contributed by atoms with van der Waals surface area (Å²) in [5.74, 6) is 0.0528. The molecule has 1 aromatic rings. The monoisotopic (exact) mass is 287 g/mol. The number of rotatable bonds is 5. The Labute approximate surface area is 125 Å². The maximum atomic E-state index is 11.9. The predicted octanol–water partition coefficient (Wildman–Crippen LogP) is 3.23. The molecule has 2 rings (SSSR count). The van der Waals surface area contributed by atoms with Crippen LogP contribution in [-0.4, -0.2) is 17.9 Å². The van der Waals surface area contributed by atoms with Crippen LogP contribution >= 0.6 is 0 Å². The number of alkyl carbamates (subject to hydrolysis) is 1. The zero-order valence-electron chi connectivity index (χ0n) is 12.2. The van der Waals surface area contributed by atoms with Crippen LogP contribution in [0.25, 0.3) is 0 Å². The van der Waals surface area contributed by atoms with E-state index in [0.717, 1.165) is 18.4 Å². The van der Waals surface area contributed by atoms with Crippen molar-refractivity contribution < 1.29 is 14.3 Å². The number of Topliss-reactive ketones (excluding diaryl/α,β-unsaturated/α-hetero) is 1. The van der Waals surface area contributed by atoms with Gasteiger partial charge in [0.1, 0.15) is 12.4 Å². The molecule has 0 aromatic heterocycles. The van der Waals surface area contributed by atoms with Gasteiger partial charge >= 0.3 is 6.09 Å². The van der Waals surface area contributed by atoms with Crippen molar-refractivity contribution in [3.8, 4) is 0 Å². The van der Waals surface area contributed by atoms with Gasteiger partial charge in [-0.05, 0) is 18.4 Å². The second kappa shape index (κ2) is 7.62. The Morgan fingerprint density at radius 2 is 2.05 bits per heavy atom. The van der Waals surface area contributed by atoms with Crippen molar-refractivity contribution in [1.82, 2.24) is 5.32 Å². The average Bonchev–Trinajstić information content (AvgIpc) is 2.54. The number of carbonyl (C=O) groups is 2. The van der Waals surface area contributed by atoms with Crippen LogP contribution in [0.15, 0.2) is 42.5 Å². The summed E-state index contributed by atoms with van der Waals surface area (Å²) in [6.07, 6.45) is 5.58. The zero-order chi connectivity index (χ0) is 15.1. The molecular formula is C17H21NO3. The largest absolute Gasteiger partial charge is 0.445 e. The normalized spacial score (nSPS) is 20.8. The number of carbonyl (C=O) groups excluding carboxylic acids is 2. The molecule has 0 spiro atoms. The Morgan fingerprint density at radius 1 is 1.29 bits per heavy atom. The molecule has 2 atom stereocenters. The van der Waals surface area contributed by atoms with Gasteiger partial charge in [-0.15, -0.1) is 0 Å². The SMILES string of the molecule is CCC(=O)[C@@H]1CCC=C[C@@H]1NC(=O)OCc1ccccc1. The second-order valence-electron chi connectivity index (χ2n) is 5.16. The van der Waals surface area contributed by atoms with E-state index in [-0.39, 0.29) is 24.3 Å². The van der Waals surface area contributed by atoms with Gasteiger partial charge < -0.3 is 10.1 Å². The van der Waals surface area contributed by atoms with Crippen molar-refractivity contribution in [2.45, 2.75) is 38.8 Å². The number of ether oxygens (including phenoxy) is 1. The summed E-state index contributed by atoms with van der Waals surface area (Å²) < 4.78 is 5.20. The standard InChI is InChI=1S/C17H21NO3/c1-2-16(19)14-10-6-7-11-15(14)18-17(20)21-12-13-8-4-3-5-9-13/h3-5,7-9,11,14-15H,2,6,10,12H2,1H3,(H,18,20)/t14-,15+/m1/s1. The molecule has 1 aliphatic carbocycles. The van der Waals surface area contributed by atoms with E-state index in [4.69, 9.17) is 4.74 Å². The summed E-state index contributed by atoms with van der Waals surface area (Å²) in [5.41, 5.74) is 0.938. The summed E-state index contributed by atoms with van der Waals surface area (Å²) in [7, 11) is 0. The number of allylic oxidation sites excluding steroid dienone is 1. The summed E-state index contributed by atoms with van der Waals surface area (Å²) in [6, 6.07) is 9.26. The third kappa shape index (κ3) is 4.45. The lowest BCUT2D eigenvalue weighted by molar-refractivity contribution is -0.123. The highest BCUT2D eigenvalue weighted by atomic mass is 16.5. The van der Waals surface area contributed by atoms with Crippen molar-refractivity contribution >= 4 is 11.9 Å². The summed E-state index contributed by atoms with van der Waals surface area (Å²) >= 11 is 0. The van der Waals surface area contributed by atoms with E-state index in [1.807, 2.05) is 49.4 Å². The Balaban J connectivity index is 1.87. The van der Waals surface area contributed by atoms with Gasteiger partial charge in [0.15, 0.2) is 0 Å². The Kier molecular flexibility index (Phi) is 5.55. The van der Waals surface area contributed by atoms with E-state index in [2.05, 4.69) is 5.32 Å². The zero-order valence-corrected chi connectivity index (χ0v) is 12.2. The summed E-state index contributed by atoms with van der Waals surface area (Å²) in [4.78, 5) is 23.8. The van der Waals surface area contributed by atoms with Crippen LogP contribution in [0, 0.1) is 5.92 Å². The molecule has 0 aliphatic heterocycles. The highest BCUT2D eigenvalue weighted by molar-refractivity contribution is 5.82. The van der Waals surface area contributed by atoms with Crippen molar-refractivity contribution in [3.63, 3.8) is 0 Å². The van der Waals surface area contributed by atoms with Gasteiger partial charge in [0.05, 0.1) is 6.04 Å². The molecule has 0 saturated heterocycles. The van der Waals surface area contributed by atoms with E-state index in [1.165, 1.54) is 0 Å². The van der Waals surface area contributed by atoms with Gasteiger partial charge in [-0.3, -0.25) is 4.79 Å². The van der Waals surface area contributed by atoms with Crippen LogP contribution in [0.2, 0.25) is 0 Å². The van der Waals surface area contributed by atoms with Gasteiger partial charge in [0.25, 0.3) is 0 Å². The molecule has 1 aromatic carbocycles. The van der Waals surface area contributed by atoms with Gasteiger partial charge in [-0.1, -0.05) is 49.4 Å². The van der Waals surface area contributed by atoms with Gasteiger partial charge in [0.2, 0.25) is 0 Å². The third-order valence-corrected chi connectivity index (χ3v) is 3.68. The molecular weight excluding hydrogens is 266 g/mol. The van der Waals surface area contributed by atoms with Crippen LogP contribution in [0.3, 0.4) is 0 Å². The van der Waals surface area contributed by atoms with Crippen molar-refractivity contribution in [3.05, 3.63) is 48.0 Å². The van der Waals surface area contributed by atoms with Gasteiger partial charge in [-0.2, -0.15) is 0 Å². The highest BCUT2D eigenvalue weighted by Crippen LogP contribution is 2.21. The highest BCUT2D eigenvalue weighted by Gasteiger charge is 2.28. The Bertz CT molecular complexity index is 510. The minimum Gasteiger partial charge on any atom is -0.445 e. The van der Waals surface area contributed by atoms with Crippen molar-refractivity contribution in [1.29, 1.82) is 0 Å². The second-order valence-corrected chi connectivity index (χ2v) is 5.16.